The van der Waals surface area contributed by atoms with Gasteiger partial charge in [-0.25, -0.2) is 0 Å². The molecule has 1 aliphatic heterocycles. The standard InChI is InChI=1S/C18H19N3OS/c1-2-6-14(7-3-1)12-21-10-4-8-15(13-21)17-19-20-18(22-17)16-9-5-11-23-16/h1-3,5-7,9,11,15H,4,8,10,12-13H2. The highest BCUT2D eigenvalue weighted by molar-refractivity contribution is 7.13. The van der Waals surface area contributed by atoms with Crippen LogP contribution >= 0.6 is 11.3 Å². The highest BCUT2D eigenvalue weighted by atomic mass is 32.1. The minimum atomic E-state index is 0.341. The monoisotopic (exact) mass is 325 g/mol. The summed E-state index contributed by atoms with van der Waals surface area (Å²) < 4.78 is 5.93. The number of piperidine rings is 1. The van der Waals surface area contributed by atoms with Gasteiger partial charge in [0, 0.05) is 13.1 Å². The Morgan fingerprint density at radius 2 is 2.04 bits per heavy atom. The van der Waals surface area contributed by atoms with E-state index in [1.54, 1.807) is 11.3 Å². The number of benzene rings is 1. The largest absolute Gasteiger partial charge is 0.420 e. The zero-order valence-electron chi connectivity index (χ0n) is 12.9. The summed E-state index contributed by atoms with van der Waals surface area (Å²) in [5, 5.41) is 10.5. The molecule has 1 aromatic carbocycles. The Hall–Kier alpha value is -1.98. The Balaban J connectivity index is 1.45. The fraction of sp³-hybridized carbons (Fsp3) is 0.333. The average Bonchev–Trinajstić information content (AvgIpc) is 3.28. The van der Waals surface area contributed by atoms with Gasteiger partial charge in [-0.1, -0.05) is 36.4 Å². The summed E-state index contributed by atoms with van der Waals surface area (Å²) in [5.41, 5.74) is 1.36. The fourth-order valence-corrected chi connectivity index (χ4v) is 3.79. The number of aromatic nitrogens is 2. The Morgan fingerprint density at radius 1 is 1.13 bits per heavy atom. The molecule has 23 heavy (non-hydrogen) atoms. The van der Waals surface area contributed by atoms with E-state index < -0.39 is 0 Å². The highest BCUT2D eigenvalue weighted by Gasteiger charge is 2.26. The minimum Gasteiger partial charge on any atom is -0.420 e. The molecule has 4 rings (SSSR count). The van der Waals surface area contributed by atoms with Gasteiger partial charge in [0.15, 0.2) is 0 Å². The third-order valence-electron chi connectivity index (χ3n) is 4.28. The summed E-state index contributed by atoms with van der Waals surface area (Å²) >= 11 is 1.63. The molecule has 0 aliphatic carbocycles. The van der Waals surface area contributed by atoms with Crippen molar-refractivity contribution in [2.24, 2.45) is 0 Å². The molecule has 1 fully saturated rings. The number of likely N-dealkylation sites (tertiary alicyclic amines) is 1. The molecule has 5 heteroatoms. The van der Waals surface area contributed by atoms with Gasteiger partial charge in [-0.05, 0) is 36.4 Å². The van der Waals surface area contributed by atoms with Gasteiger partial charge in [0.25, 0.3) is 5.89 Å². The summed E-state index contributed by atoms with van der Waals surface area (Å²) in [5.74, 6) is 1.77. The first-order chi connectivity index (χ1) is 11.4. The predicted octanol–water partition coefficient (Wildman–Crippen LogP) is 4.18. The van der Waals surface area contributed by atoms with Crippen molar-refractivity contribution < 1.29 is 4.42 Å². The fourth-order valence-electron chi connectivity index (χ4n) is 3.14. The van der Waals surface area contributed by atoms with Crippen LogP contribution in [0.25, 0.3) is 10.8 Å². The van der Waals surface area contributed by atoms with Crippen LogP contribution in [0, 0.1) is 0 Å². The van der Waals surface area contributed by atoms with Gasteiger partial charge in [0.2, 0.25) is 5.89 Å². The third-order valence-corrected chi connectivity index (χ3v) is 5.13. The molecular formula is C18H19N3OS. The second-order valence-corrected chi connectivity index (χ2v) is 6.93. The maximum atomic E-state index is 5.93. The lowest BCUT2D eigenvalue weighted by Gasteiger charge is -2.31. The van der Waals surface area contributed by atoms with Gasteiger partial charge in [0.1, 0.15) is 0 Å². The van der Waals surface area contributed by atoms with E-state index in [0.717, 1.165) is 36.8 Å². The molecule has 4 nitrogen and oxygen atoms in total. The van der Waals surface area contributed by atoms with Crippen LogP contribution < -0.4 is 0 Å². The number of thiophene rings is 1. The number of nitrogens with zero attached hydrogens (tertiary/aromatic N) is 3. The van der Waals surface area contributed by atoms with Crippen molar-refractivity contribution in [2.75, 3.05) is 13.1 Å². The SMILES string of the molecule is c1ccc(CN2CCCC(c3nnc(-c4cccs4)o3)C2)cc1. The molecule has 3 aromatic rings. The van der Waals surface area contributed by atoms with E-state index in [1.807, 2.05) is 17.5 Å². The van der Waals surface area contributed by atoms with Crippen molar-refractivity contribution >= 4 is 11.3 Å². The molecule has 0 radical (unpaired) electrons. The lowest BCUT2D eigenvalue weighted by atomic mass is 9.97. The normalized spacial score (nSPS) is 19.0. The summed E-state index contributed by atoms with van der Waals surface area (Å²) in [4.78, 5) is 3.53. The first-order valence-corrected chi connectivity index (χ1v) is 8.90. The average molecular weight is 325 g/mol. The van der Waals surface area contributed by atoms with Crippen LogP contribution in [0.3, 0.4) is 0 Å². The molecule has 0 saturated carbocycles. The third kappa shape index (κ3) is 3.35. The number of hydrogen-bond acceptors (Lipinski definition) is 5. The minimum absolute atomic E-state index is 0.341. The quantitative estimate of drug-likeness (QED) is 0.722. The molecule has 118 valence electrons. The lowest BCUT2D eigenvalue weighted by Crippen LogP contribution is -2.34. The van der Waals surface area contributed by atoms with E-state index in [-0.39, 0.29) is 0 Å². The van der Waals surface area contributed by atoms with E-state index in [1.165, 1.54) is 12.0 Å². The van der Waals surface area contributed by atoms with E-state index >= 15 is 0 Å². The van der Waals surface area contributed by atoms with Gasteiger partial charge >= 0.3 is 0 Å². The highest BCUT2D eigenvalue weighted by Crippen LogP contribution is 2.30. The van der Waals surface area contributed by atoms with Crippen molar-refractivity contribution in [3.05, 3.63) is 59.3 Å². The first kappa shape index (κ1) is 14.6. The Morgan fingerprint density at radius 3 is 2.87 bits per heavy atom. The molecule has 0 amide bonds. The van der Waals surface area contributed by atoms with Crippen LogP contribution in [-0.4, -0.2) is 28.2 Å². The van der Waals surface area contributed by atoms with Crippen LogP contribution in [0.4, 0.5) is 0 Å². The van der Waals surface area contributed by atoms with Crippen LogP contribution in [-0.2, 0) is 6.54 Å². The van der Waals surface area contributed by atoms with Gasteiger partial charge < -0.3 is 4.42 Å². The topological polar surface area (TPSA) is 42.2 Å². The van der Waals surface area contributed by atoms with Crippen LogP contribution in [0.1, 0.15) is 30.2 Å². The second-order valence-electron chi connectivity index (χ2n) is 5.98. The Labute approximate surface area is 139 Å². The van der Waals surface area contributed by atoms with Crippen LogP contribution in [0.15, 0.2) is 52.3 Å². The zero-order valence-corrected chi connectivity index (χ0v) is 13.7. The Kier molecular flexibility index (Phi) is 4.22. The van der Waals surface area contributed by atoms with E-state index in [4.69, 9.17) is 4.42 Å². The van der Waals surface area contributed by atoms with Gasteiger partial charge in [-0.2, -0.15) is 0 Å². The predicted molar refractivity (Wildman–Crippen MR) is 91.3 cm³/mol. The molecule has 0 N–H and O–H groups in total. The number of hydrogen-bond donors (Lipinski definition) is 0. The molecule has 0 spiro atoms. The molecule has 1 saturated heterocycles. The maximum absolute atomic E-state index is 5.93. The molecule has 3 heterocycles. The molecule has 1 unspecified atom stereocenters. The molecule has 1 atom stereocenters. The molecule has 0 bridgehead atoms. The number of rotatable bonds is 4. The van der Waals surface area contributed by atoms with E-state index in [9.17, 15) is 0 Å². The summed E-state index contributed by atoms with van der Waals surface area (Å²) in [6.45, 7) is 3.11. The first-order valence-electron chi connectivity index (χ1n) is 8.02. The lowest BCUT2D eigenvalue weighted by molar-refractivity contribution is 0.186. The van der Waals surface area contributed by atoms with Crippen LogP contribution in [0.5, 0.6) is 0 Å². The van der Waals surface area contributed by atoms with Crippen molar-refractivity contribution in [3.63, 3.8) is 0 Å². The van der Waals surface area contributed by atoms with Crippen molar-refractivity contribution in [3.8, 4) is 10.8 Å². The summed E-state index contributed by atoms with van der Waals surface area (Å²) in [6.07, 6.45) is 2.30. The van der Waals surface area contributed by atoms with Gasteiger partial charge in [-0.3, -0.25) is 4.90 Å². The van der Waals surface area contributed by atoms with E-state index in [2.05, 4.69) is 45.4 Å². The summed E-state index contributed by atoms with van der Waals surface area (Å²) in [7, 11) is 0. The van der Waals surface area contributed by atoms with Crippen molar-refractivity contribution in [1.82, 2.24) is 15.1 Å². The van der Waals surface area contributed by atoms with E-state index in [0.29, 0.717) is 11.8 Å². The van der Waals surface area contributed by atoms with Gasteiger partial charge in [0.05, 0.1) is 10.8 Å². The van der Waals surface area contributed by atoms with Crippen molar-refractivity contribution in [2.45, 2.75) is 25.3 Å². The van der Waals surface area contributed by atoms with Crippen molar-refractivity contribution in [1.29, 1.82) is 0 Å². The molecule has 1 aliphatic rings. The zero-order chi connectivity index (χ0) is 15.5. The van der Waals surface area contributed by atoms with Gasteiger partial charge in [-0.15, -0.1) is 21.5 Å². The molecule has 2 aromatic heterocycles. The van der Waals surface area contributed by atoms with Crippen LogP contribution in [0.2, 0.25) is 0 Å². The Bertz CT molecular complexity index is 739. The molecular weight excluding hydrogens is 306 g/mol. The second kappa shape index (κ2) is 6.64. The summed E-state index contributed by atoms with van der Waals surface area (Å²) in [6, 6.07) is 14.7. The maximum Gasteiger partial charge on any atom is 0.257 e. The smallest absolute Gasteiger partial charge is 0.257 e.